The summed E-state index contributed by atoms with van der Waals surface area (Å²) in [5.41, 5.74) is 0. The first-order chi connectivity index (χ1) is 11.6. The molecule has 0 aromatic heterocycles. The lowest BCUT2D eigenvalue weighted by atomic mass is 9.60. The first-order valence-corrected chi connectivity index (χ1v) is 9.16. The molecule has 6 nitrogen and oxygen atoms in total. The topological polar surface area (TPSA) is 72.9 Å². The number of carbonyl (C=O) groups is 3. The van der Waals surface area contributed by atoms with E-state index in [9.17, 15) is 14.4 Å². The van der Waals surface area contributed by atoms with Gasteiger partial charge in [-0.05, 0) is 37.5 Å². The minimum atomic E-state index is -0.821. The van der Waals surface area contributed by atoms with Crippen molar-refractivity contribution in [3.8, 4) is 0 Å². The molecule has 1 aliphatic carbocycles. The average molecular weight is 335 g/mol. The van der Waals surface area contributed by atoms with E-state index in [0.717, 1.165) is 32.2 Å². The van der Waals surface area contributed by atoms with Gasteiger partial charge in [0.15, 0.2) is 5.92 Å². The Labute approximate surface area is 141 Å². The summed E-state index contributed by atoms with van der Waals surface area (Å²) in [6, 6.07) is 0.160. The van der Waals surface area contributed by atoms with Gasteiger partial charge in [0.05, 0.1) is 7.11 Å². The zero-order valence-corrected chi connectivity index (χ0v) is 14.3. The third-order valence-electron chi connectivity index (χ3n) is 6.85. The third kappa shape index (κ3) is 2.04. The van der Waals surface area contributed by atoms with Crippen LogP contribution in [-0.2, 0) is 23.9 Å². The highest BCUT2D eigenvalue weighted by Gasteiger charge is 2.64. The fourth-order valence-corrected chi connectivity index (χ4v) is 6.03. The van der Waals surface area contributed by atoms with Gasteiger partial charge in [-0.1, -0.05) is 6.92 Å². The van der Waals surface area contributed by atoms with Crippen molar-refractivity contribution in [1.29, 1.82) is 0 Å². The highest BCUT2D eigenvalue weighted by Crippen LogP contribution is 2.55. The van der Waals surface area contributed by atoms with Crippen molar-refractivity contribution >= 4 is 17.8 Å². The van der Waals surface area contributed by atoms with Crippen LogP contribution in [0, 0.1) is 29.6 Å². The Morgan fingerprint density at radius 3 is 2.79 bits per heavy atom. The summed E-state index contributed by atoms with van der Waals surface area (Å²) in [6.07, 6.45) is 4.08. The van der Waals surface area contributed by atoms with Gasteiger partial charge < -0.3 is 14.4 Å². The van der Waals surface area contributed by atoms with Crippen LogP contribution in [0.1, 0.15) is 39.0 Å². The second-order valence-corrected chi connectivity index (χ2v) is 7.64. The maximum Gasteiger partial charge on any atom is 0.321 e. The van der Waals surface area contributed by atoms with Gasteiger partial charge in [0.2, 0.25) is 5.91 Å². The van der Waals surface area contributed by atoms with Gasteiger partial charge in [-0.3, -0.25) is 14.4 Å². The predicted octanol–water partition coefficient (Wildman–Crippen LogP) is 1.37. The fourth-order valence-electron chi connectivity index (χ4n) is 6.03. The Morgan fingerprint density at radius 1 is 1.29 bits per heavy atom. The molecule has 3 aliphatic heterocycles. The van der Waals surface area contributed by atoms with Crippen molar-refractivity contribution in [3.05, 3.63) is 0 Å². The van der Waals surface area contributed by atoms with Gasteiger partial charge in [0.25, 0.3) is 0 Å². The van der Waals surface area contributed by atoms with Gasteiger partial charge in [-0.25, -0.2) is 0 Å². The van der Waals surface area contributed by atoms with E-state index in [2.05, 4.69) is 6.92 Å². The van der Waals surface area contributed by atoms with Crippen molar-refractivity contribution in [1.82, 2.24) is 4.90 Å². The van der Waals surface area contributed by atoms with Gasteiger partial charge in [0, 0.05) is 30.8 Å². The first kappa shape index (κ1) is 15.9. The lowest BCUT2D eigenvalue weighted by Gasteiger charge is -2.47. The van der Waals surface area contributed by atoms with Crippen molar-refractivity contribution in [2.45, 2.75) is 51.2 Å². The molecule has 1 amide bonds. The van der Waals surface area contributed by atoms with Crippen LogP contribution in [0.25, 0.3) is 0 Å². The second-order valence-electron chi connectivity index (χ2n) is 7.64. The van der Waals surface area contributed by atoms with E-state index in [-0.39, 0.29) is 35.8 Å². The summed E-state index contributed by atoms with van der Waals surface area (Å²) in [7, 11) is 1.32. The Morgan fingerprint density at radius 2 is 2.08 bits per heavy atom. The van der Waals surface area contributed by atoms with Crippen LogP contribution in [-0.4, -0.2) is 48.5 Å². The number of amides is 1. The Balaban J connectivity index is 1.76. The predicted molar refractivity (Wildman–Crippen MR) is 83.6 cm³/mol. The van der Waals surface area contributed by atoms with E-state index in [4.69, 9.17) is 9.47 Å². The van der Waals surface area contributed by atoms with Crippen LogP contribution in [0.15, 0.2) is 0 Å². The molecule has 4 rings (SSSR count). The highest BCUT2D eigenvalue weighted by molar-refractivity contribution is 5.97. The number of esters is 2. The van der Waals surface area contributed by atoms with Crippen molar-refractivity contribution in [2.75, 3.05) is 13.7 Å². The lowest BCUT2D eigenvalue weighted by molar-refractivity contribution is -0.155. The maximum absolute atomic E-state index is 12.5. The lowest BCUT2D eigenvalue weighted by Crippen LogP contribution is -2.55. The van der Waals surface area contributed by atoms with E-state index in [1.807, 2.05) is 4.90 Å². The average Bonchev–Trinajstić information content (AvgIpc) is 3.10. The van der Waals surface area contributed by atoms with E-state index in [1.54, 1.807) is 0 Å². The summed E-state index contributed by atoms with van der Waals surface area (Å²) in [6.45, 7) is 2.86. The van der Waals surface area contributed by atoms with Gasteiger partial charge in [-0.2, -0.15) is 0 Å². The maximum atomic E-state index is 12.5. The molecule has 6 heteroatoms. The van der Waals surface area contributed by atoms with E-state index in [1.165, 1.54) is 7.11 Å². The van der Waals surface area contributed by atoms with Crippen molar-refractivity contribution in [2.24, 2.45) is 29.6 Å². The van der Waals surface area contributed by atoms with Gasteiger partial charge in [0.1, 0.15) is 6.10 Å². The van der Waals surface area contributed by atoms with E-state index in [0.29, 0.717) is 12.3 Å². The van der Waals surface area contributed by atoms with Crippen molar-refractivity contribution < 1.29 is 23.9 Å². The van der Waals surface area contributed by atoms with Crippen LogP contribution in [0.2, 0.25) is 0 Å². The molecule has 24 heavy (non-hydrogen) atoms. The molecule has 0 aromatic carbocycles. The Kier molecular flexibility index (Phi) is 3.81. The zero-order chi connectivity index (χ0) is 17.0. The van der Waals surface area contributed by atoms with Crippen LogP contribution < -0.4 is 0 Å². The number of hydrogen-bond donors (Lipinski definition) is 0. The summed E-state index contributed by atoms with van der Waals surface area (Å²) in [5, 5.41) is 0. The number of rotatable bonds is 2. The summed E-state index contributed by atoms with van der Waals surface area (Å²) < 4.78 is 10.6. The summed E-state index contributed by atoms with van der Waals surface area (Å²) >= 11 is 0. The normalized spacial score (nSPS) is 43.8. The van der Waals surface area contributed by atoms with Crippen molar-refractivity contribution in [3.63, 3.8) is 0 Å². The number of carbonyl (C=O) groups excluding carboxylic acids is 3. The van der Waals surface area contributed by atoms with Crippen LogP contribution in [0.5, 0.6) is 0 Å². The summed E-state index contributed by atoms with van der Waals surface area (Å²) in [4.78, 5) is 39.2. The Hall–Kier alpha value is -1.59. The summed E-state index contributed by atoms with van der Waals surface area (Å²) in [5.74, 6) is -0.889. The third-order valence-corrected chi connectivity index (χ3v) is 6.85. The molecule has 0 unspecified atom stereocenters. The number of methoxy groups -OCH3 is 1. The van der Waals surface area contributed by atoms with E-state index >= 15 is 0 Å². The zero-order valence-electron chi connectivity index (χ0n) is 14.3. The molecular weight excluding hydrogens is 310 g/mol. The van der Waals surface area contributed by atoms with Crippen LogP contribution in [0.3, 0.4) is 0 Å². The molecule has 3 saturated heterocycles. The van der Waals surface area contributed by atoms with Crippen LogP contribution >= 0.6 is 0 Å². The molecule has 1 saturated carbocycles. The first-order valence-electron chi connectivity index (χ1n) is 9.16. The minimum Gasteiger partial charge on any atom is -0.468 e. The molecule has 4 aliphatic rings. The van der Waals surface area contributed by atoms with E-state index < -0.39 is 17.9 Å². The SMILES string of the molecule is CC[C@@H]1[C@H]2CCCC(=O)N3CC[C@@H]([C@@H]4[C@@H](C(=O)OC)C(=O)O[C@@H]14)[C@H]23. The molecule has 4 fully saturated rings. The molecular formula is C18H25NO5. The standard InChI is InChI=1S/C18H25NO5/c1-3-9-10-5-4-6-12(20)19-8-7-11(15(10)19)13-14(17(21)23-2)18(22)24-16(9)13/h9-11,13-16H,3-8H2,1-2H3/t9-,10-,11+,13-,14+,15+,16+/m1/s1. The smallest absolute Gasteiger partial charge is 0.321 e. The van der Waals surface area contributed by atoms with Crippen LogP contribution in [0.4, 0.5) is 0 Å². The molecule has 0 N–H and O–H groups in total. The molecule has 3 heterocycles. The quantitative estimate of drug-likeness (QED) is 0.563. The minimum absolute atomic E-state index is 0.146. The largest absolute Gasteiger partial charge is 0.468 e. The molecule has 0 radical (unpaired) electrons. The highest BCUT2D eigenvalue weighted by atomic mass is 16.6. The van der Waals surface area contributed by atoms with Gasteiger partial charge >= 0.3 is 11.9 Å². The number of hydrogen-bond acceptors (Lipinski definition) is 5. The molecule has 7 atom stereocenters. The Bertz CT molecular complexity index is 576. The molecule has 0 aromatic rings. The number of nitrogens with zero attached hydrogens (tertiary/aromatic N) is 1. The number of ether oxygens (including phenoxy) is 2. The molecule has 132 valence electrons. The molecule has 0 bridgehead atoms. The molecule has 0 spiro atoms. The second kappa shape index (κ2) is 5.74. The monoisotopic (exact) mass is 335 g/mol. The number of fused-ring (bicyclic) bond motifs is 2. The van der Waals surface area contributed by atoms with Gasteiger partial charge in [-0.15, -0.1) is 0 Å². The fraction of sp³-hybridized carbons (Fsp3) is 0.833.